The smallest absolute Gasteiger partial charge is 0.190 e. The van der Waals surface area contributed by atoms with Gasteiger partial charge in [-0.05, 0) is 30.3 Å². The first kappa shape index (κ1) is 12.2. The zero-order chi connectivity index (χ0) is 13.2. The Morgan fingerprint density at radius 3 is 2.89 bits per heavy atom. The molecule has 1 aliphatic heterocycles. The minimum atomic E-state index is -0.274. The lowest BCUT2D eigenvalue weighted by atomic mass is 10.2. The van der Waals surface area contributed by atoms with E-state index < -0.39 is 0 Å². The number of benzene rings is 2. The van der Waals surface area contributed by atoms with E-state index in [1.165, 1.54) is 6.07 Å². The molecule has 0 aliphatic carbocycles. The molecular formula is C15H11BrFNO. The van der Waals surface area contributed by atoms with Crippen LogP contribution in [0.25, 0.3) is 6.08 Å². The number of fused-ring (bicyclic) bond motifs is 1. The van der Waals surface area contributed by atoms with Gasteiger partial charge in [-0.25, -0.2) is 4.39 Å². The van der Waals surface area contributed by atoms with Gasteiger partial charge in [0.15, 0.2) is 6.23 Å². The molecule has 2 nitrogen and oxygen atoms in total. The molecule has 19 heavy (non-hydrogen) atoms. The van der Waals surface area contributed by atoms with Gasteiger partial charge in [0.05, 0.1) is 5.69 Å². The van der Waals surface area contributed by atoms with Gasteiger partial charge in [0.1, 0.15) is 11.6 Å². The maximum atomic E-state index is 13.5. The highest BCUT2D eigenvalue weighted by atomic mass is 79.9. The molecule has 0 fully saturated rings. The third-order valence-corrected chi connectivity index (χ3v) is 3.34. The van der Waals surface area contributed by atoms with Gasteiger partial charge in [0, 0.05) is 10.0 Å². The number of halogens is 2. The Balaban J connectivity index is 1.76. The van der Waals surface area contributed by atoms with Crippen LogP contribution in [0.4, 0.5) is 10.1 Å². The lowest BCUT2D eigenvalue weighted by molar-refractivity contribution is 0.303. The highest BCUT2D eigenvalue weighted by molar-refractivity contribution is 9.10. The van der Waals surface area contributed by atoms with Gasteiger partial charge in [0.25, 0.3) is 0 Å². The summed E-state index contributed by atoms with van der Waals surface area (Å²) in [5, 5.41) is 3.20. The summed E-state index contributed by atoms with van der Waals surface area (Å²) in [5.74, 6) is 0.551. The Labute approximate surface area is 119 Å². The van der Waals surface area contributed by atoms with Crippen LogP contribution in [0, 0.1) is 5.82 Å². The summed E-state index contributed by atoms with van der Waals surface area (Å²) in [7, 11) is 0. The maximum absolute atomic E-state index is 13.5. The number of rotatable bonds is 2. The third kappa shape index (κ3) is 2.63. The van der Waals surface area contributed by atoms with Gasteiger partial charge < -0.3 is 10.1 Å². The van der Waals surface area contributed by atoms with Crippen molar-refractivity contribution in [2.75, 3.05) is 5.32 Å². The van der Waals surface area contributed by atoms with Crippen LogP contribution in [0.5, 0.6) is 5.75 Å². The van der Waals surface area contributed by atoms with Crippen molar-refractivity contribution in [2.24, 2.45) is 0 Å². The molecule has 1 heterocycles. The van der Waals surface area contributed by atoms with Gasteiger partial charge in [-0.1, -0.05) is 40.2 Å². The quantitative estimate of drug-likeness (QED) is 0.884. The monoisotopic (exact) mass is 319 g/mol. The largest absolute Gasteiger partial charge is 0.465 e. The highest BCUT2D eigenvalue weighted by Gasteiger charge is 2.19. The second kappa shape index (κ2) is 5.05. The first-order chi connectivity index (χ1) is 9.22. The van der Waals surface area contributed by atoms with Crippen molar-refractivity contribution in [3.63, 3.8) is 0 Å². The van der Waals surface area contributed by atoms with Crippen LogP contribution >= 0.6 is 15.9 Å². The lowest BCUT2D eigenvalue weighted by Crippen LogP contribution is -2.16. The molecule has 0 saturated heterocycles. The van der Waals surface area contributed by atoms with Crippen LogP contribution in [0.15, 0.2) is 53.0 Å². The summed E-state index contributed by atoms with van der Waals surface area (Å²) in [6.07, 6.45) is 3.24. The van der Waals surface area contributed by atoms with E-state index >= 15 is 0 Å². The first-order valence-corrected chi connectivity index (χ1v) is 6.67. The van der Waals surface area contributed by atoms with E-state index in [0.29, 0.717) is 5.56 Å². The minimum absolute atomic E-state index is 0.239. The molecule has 4 heteroatoms. The van der Waals surface area contributed by atoms with E-state index in [9.17, 15) is 4.39 Å². The average molecular weight is 320 g/mol. The van der Waals surface area contributed by atoms with Crippen molar-refractivity contribution in [1.82, 2.24) is 0 Å². The Morgan fingerprint density at radius 2 is 2.05 bits per heavy atom. The van der Waals surface area contributed by atoms with Crippen molar-refractivity contribution >= 4 is 27.7 Å². The van der Waals surface area contributed by atoms with E-state index in [1.54, 1.807) is 30.4 Å². The topological polar surface area (TPSA) is 21.3 Å². The summed E-state index contributed by atoms with van der Waals surface area (Å²) < 4.78 is 20.1. The highest BCUT2D eigenvalue weighted by Crippen LogP contribution is 2.34. The van der Waals surface area contributed by atoms with Crippen LogP contribution in [0.3, 0.4) is 0 Å². The van der Waals surface area contributed by atoms with Gasteiger partial charge in [-0.15, -0.1) is 0 Å². The van der Waals surface area contributed by atoms with E-state index in [4.69, 9.17) is 4.74 Å². The van der Waals surface area contributed by atoms with Crippen LogP contribution in [0.1, 0.15) is 5.56 Å². The molecule has 0 bridgehead atoms. The second-order valence-electron chi connectivity index (χ2n) is 4.20. The molecule has 1 aliphatic rings. The number of ether oxygens (including phenoxy) is 1. The number of hydrogen-bond donors (Lipinski definition) is 1. The molecule has 1 N–H and O–H groups in total. The number of anilines is 1. The summed E-state index contributed by atoms with van der Waals surface area (Å²) in [5.41, 5.74) is 1.48. The molecule has 0 radical (unpaired) electrons. The van der Waals surface area contributed by atoms with Crippen LogP contribution in [-0.4, -0.2) is 6.23 Å². The Hall–Kier alpha value is -1.81. The average Bonchev–Trinajstić information content (AvgIpc) is 2.79. The zero-order valence-corrected chi connectivity index (χ0v) is 11.5. The third-order valence-electron chi connectivity index (χ3n) is 2.85. The van der Waals surface area contributed by atoms with Crippen LogP contribution in [-0.2, 0) is 0 Å². The normalized spacial score (nSPS) is 17.1. The standard InChI is InChI=1S/C15H11BrFNO/c16-11-6-7-13-14(9-11)19-15(18-13)8-5-10-3-1-2-4-12(10)17/h1-9,15,18H. The van der Waals surface area contributed by atoms with Crippen LogP contribution in [0.2, 0.25) is 0 Å². The number of hydrogen-bond acceptors (Lipinski definition) is 2. The van der Waals surface area contributed by atoms with E-state index in [-0.39, 0.29) is 12.0 Å². The zero-order valence-electron chi connectivity index (χ0n) is 9.94. The van der Waals surface area contributed by atoms with Crippen LogP contribution < -0.4 is 10.1 Å². The molecule has 3 rings (SSSR count). The molecule has 96 valence electrons. The SMILES string of the molecule is Fc1ccccc1C=CC1Nc2ccc(Br)cc2O1. The molecule has 2 aromatic rings. The van der Waals surface area contributed by atoms with E-state index in [1.807, 2.05) is 18.2 Å². The van der Waals surface area contributed by atoms with E-state index in [0.717, 1.165) is 15.9 Å². The van der Waals surface area contributed by atoms with Crippen molar-refractivity contribution in [3.8, 4) is 5.75 Å². The molecule has 1 atom stereocenters. The summed E-state index contributed by atoms with van der Waals surface area (Å²) >= 11 is 3.39. The van der Waals surface area contributed by atoms with Gasteiger partial charge in [-0.3, -0.25) is 0 Å². The second-order valence-corrected chi connectivity index (χ2v) is 5.12. The van der Waals surface area contributed by atoms with Crippen molar-refractivity contribution in [3.05, 3.63) is 64.4 Å². The van der Waals surface area contributed by atoms with Gasteiger partial charge in [-0.2, -0.15) is 0 Å². The number of nitrogens with one attached hydrogen (secondary N) is 1. The Bertz CT molecular complexity index is 642. The first-order valence-electron chi connectivity index (χ1n) is 5.88. The molecule has 2 aromatic carbocycles. The van der Waals surface area contributed by atoms with Gasteiger partial charge in [0.2, 0.25) is 0 Å². The minimum Gasteiger partial charge on any atom is -0.465 e. The molecule has 0 spiro atoms. The predicted molar refractivity (Wildman–Crippen MR) is 77.6 cm³/mol. The molecule has 0 amide bonds. The predicted octanol–water partition coefficient (Wildman–Crippen LogP) is 4.43. The fraction of sp³-hybridized carbons (Fsp3) is 0.0667. The van der Waals surface area contributed by atoms with Gasteiger partial charge >= 0.3 is 0 Å². The fourth-order valence-corrected chi connectivity index (χ4v) is 2.26. The summed E-state index contributed by atoms with van der Waals surface area (Å²) in [6, 6.07) is 12.4. The van der Waals surface area contributed by atoms with Crippen molar-refractivity contribution < 1.29 is 9.13 Å². The maximum Gasteiger partial charge on any atom is 0.190 e. The van der Waals surface area contributed by atoms with Crippen molar-refractivity contribution in [2.45, 2.75) is 6.23 Å². The molecule has 0 saturated carbocycles. The Kier molecular flexibility index (Phi) is 3.25. The Morgan fingerprint density at radius 1 is 1.21 bits per heavy atom. The van der Waals surface area contributed by atoms with Crippen molar-refractivity contribution in [1.29, 1.82) is 0 Å². The molecular weight excluding hydrogens is 309 g/mol. The fourth-order valence-electron chi connectivity index (χ4n) is 1.92. The summed E-state index contributed by atoms with van der Waals surface area (Å²) in [6.45, 7) is 0. The lowest BCUT2D eigenvalue weighted by Gasteiger charge is -2.05. The molecule has 0 aromatic heterocycles. The summed E-state index contributed by atoms with van der Waals surface area (Å²) in [4.78, 5) is 0. The van der Waals surface area contributed by atoms with E-state index in [2.05, 4.69) is 21.2 Å². The molecule has 1 unspecified atom stereocenters.